The van der Waals surface area contributed by atoms with Gasteiger partial charge in [-0.05, 0) is 71.6 Å². The molecule has 0 N–H and O–H groups in total. The van der Waals surface area contributed by atoms with Gasteiger partial charge in [-0.15, -0.1) is 0 Å². The molecule has 2 aliphatic rings. The maximum atomic E-state index is 13.9. The van der Waals surface area contributed by atoms with Crippen LogP contribution in [0, 0.1) is 0 Å². The first kappa shape index (κ1) is 24.8. The number of rotatable bonds is 2. The van der Waals surface area contributed by atoms with Gasteiger partial charge in [-0.1, -0.05) is 84.9 Å². The van der Waals surface area contributed by atoms with E-state index in [1.165, 1.54) is 27.1 Å². The summed E-state index contributed by atoms with van der Waals surface area (Å²) in [6.45, 7) is 0. The molecule has 0 saturated heterocycles. The number of anilines is 3. The van der Waals surface area contributed by atoms with Crippen molar-refractivity contribution in [3.05, 3.63) is 146 Å². The molecule has 2 aliphatic heterocycles. The van der Waals surface area contributed by atoms with Crippen molar-refractivity contribution < 1.29 is 8.42 Å². The number of aromatic nitrogens is 1. The van der Waals surface area contributed by atoms with Gasteiger partial charge in [0, 0.05) is 44.2 Å². The maximum Gasteiger partial charge on any atom is 0.207 e. The van der Waals surface area contributed by atoms with Gasteiger partial charge < -0.3 is 9.47 Å². The standard InChI is InChI=1S/C40H24N2O2S/c43-45(44)38-21-19-26(41-34-15-4-1-11-28(34)29-12-2-5-16-35(29)41)23-32(38)33-24-27(20-22-39(33)45)42-36-17-6-3-13-30(36)31-14-7-9-25-10-8-18-37(42)40(25)31/h1-24H. The monoisotopic (exact) mass is 596 g/mol. The van der Waals surface area contributed by atoms with Gasteiger partial charge in [0.05, 0.1) is 32.2 Å². The van der Waals surface area contributed by atoms with E-state index >= 15 is 0 Å². The Morgan fingerprint density at radius 3 is 1.73 bits per heavy atom. The van der Waals surface area contributed by atoms with Crippen LogP contribution >= 0.6 is 0 Å². The van der Waals surface area contributed by atoms with Crippen molar-refractivity contribution in [1.29, 1.82) is 0 Å². The van der Waals surface area contributed by atoms with Crippen LogP contribution in [-0.2, 0) is 9.84 Å². The Morgan fingerprint density at radius 2 is 1.00 bits per heavy atom. The van der Waals surface area contributed by atoms with Gasteiger partial charge in [0.1, 0.15) is 0 Å². The lowest BCUT2D eigenvalue weighted by atomic mass is 9.90. The molecule has 8 aromatic rings. The molecule has 0 aliphatic carbocycles. The van der Waals surface area contributed by atoms with E-state index in [1.54, 1.807) is 12.1 Å². The zero-order valence-corrected chi connectivity index (χ0v) is 24.8. The Hall–Kier alpha value is -5.65. The third-order valence-electron chi connectivity index (χ3n) is 9.45. The molecule has 7 aromatic carbocycles. The van der Waals surface area contributed by atoms with E-state index in [-0.39, 0.29) is 0 Å². The van der Waals surface area contributed by atoms with Crippen molar-refractivity contribution in [2.24, 2.45) is 0 Å². The predicted molar refractivity (Wildman–Crippen MR) is 183 cm³/mol. The number of nitrogens with zero attached hydrogens (tertiary/aromatic N) is 2. The summed E-state index contributed by atoms with van der Waals surface area (Å²) >= 11 is 0. The second-order valence-electron chi connectivity index (χ2n) is 11.8. The molecule has 5 heteroatoms. The molecule has 0 spiro atoms. The molecule has 0 radical (unpaired) electrons. The molecule has 0 unspecified atom stereocenters. The van der Waals surface area contributed by atoms with E-state index in [4.69, 9.17) is 0 Å². The molecule has 3 heterocycles. The van der Waals surface area contributed by atoms with Gasteiger partial charge >= 0.3 is 0 Å². The first-order valence-electron chi connectivity index (χ1n) is 15.0. The van der Waals surface area contributed by atoms with Gasteiger partial charge in [0.2, 0.25) is 9.84 Å². The minimum Gasteiger partial charge on any atom is -0.309 e. The fourth-order valence-electron chi connectivity index (χ4n) is 7.56. The predicted octanol–water partition coefficient (Wildman–Crippen LogP) is 10.2. The van der Waals surface area contributed by atoms with Crippen molar-refractivity contribution in [2.45, 2.75) is 9.79 Å². The first-order valence-corrected chi connectivity index (χ1v) is 16.5. The van der Waals surface area contributed by atoms with E-state index in [0.717, 1.165) is 50.5 Å². The Labute approximate surface area is 259 Å². The highest BCUT2D eigenvalue weighted by atomic mass is 32.2. The van der Waals surface area contributed by atoms with E-state index < -0.39 is 9.84 Å². The zero-order valence-electron chi connectivity index (χ0n) is 24.0. The topological polar surface area (TPSA) is 42.3 Å². The second-order valence-corrected chi connectivity index (χ2v) is 13.7. The van der Waals surface area contributed by atoms with Crippen molar-refractivity contribution in [1.82, 2.24) is 4.57 Å². The summed E-state index contributed by atoms with van der Waals surface area (Å²) in [6.07, 6.45) is 0. The van der Waals surface area contributed by atoms with Crippen LogP contribution in [0.3, 0.4) is 0 Å². The van der Waals surface area contributed by atoms with Crippen LogP contribution in [0.5, 0.6) is 0 Å². The highest BCUT2D eigenvalue weighted by Gasteiger charge is 2.35. The molecule has 0 amide bonds. The molecule has 45 heavy (non-hydrogen) atoms. The van der Waals surface area contributed by atoms with Crippen molar-refractivity contribution in [3.63, 3.8) is 0 Å². The molecular formula is C40H24N2O2S. The van der Waals surface area contributed by atoms with Crippen molar-refractivity contribution in [2.75, 3.05) is 4.90 Å². The number of sulfone groups is 1. The summed E-state index contributed by atoms with van der Waals surface area (Å²) in [6, 6.07) is 49.5. The zero-order chi connectivity index (χ0) is 29.9. The fraction of sp³-hybridized carbons (Fsp3) is 0. The van der Waals surface area contributed by atoms with E-state index in [0.29, 0.717) is 9.79 Å². The average Bonchev–Trinajstić information content (AvgIpc) is 3.53. The molecule has 0 bridgehead atoms. The van der Waals surface area contributed by atoms with Crippen LogP contribution in [0.2, 0.25) is 0 Å². The van der Waals surface area contributed by atoms with Crippen LogP contribution in [0.25, 0.3) is 60.5 Å². The number of hydrogen-bond acceptors (Lipinski definition) is 3. The van der Waals surface area contributed by atoms with Crippen LogP contribution in [0.4, 0.5) is 17.1 Å². The molecule has 10 rings (SSSR count). The van der Waals surface area contributed by atoms with Gasteiger partial charge in [-0.3, -0.25) is 0 Å². The van der Waals surface area contributed by atoms with Crippen LogP contribution in [0.15, 0.2) is 155 Å². The Balaban J connectivity index is 1.22. The number of fused-ring (bicyclic) bond motifs is 8. The lowest BCUT2D eigenvalue weighted by Gasteiger charge is -2.33. The highest BCUT2D eigenvalue weighted by Crippen LogP contribution is 2.53. The van der Waals surface area contributed by atoms with Crippen molar-refractivity contribution in [3.8, 4) is 27.9 Å². The van der Waals surface area contributed by atoms with Gasteiger partial charge in [-0.25, -0.2) is 8.42 Å². The third-order valence-corrected chi connectivity index (χ3v) is 11.3. The number of hydrogen-bond donors (Lipinski definition) is 0. The SMILES string of the molecule is O=S1(=O)c2ccc(N3c4ccccc4-c4cccc5cccc3c45)cc2-c2cc(-n3c4ccccc4c4ccccc43)ccc21. The molecule has 1 aromatic heterocycles. The summed E-state index contributed by atoms with van der Waals surface area (Å²) < 4.78 is 30.0. The van der Waals surface area contributed by atoms with Crippen LogP contribution < -0.4 is 4.90 Å². The van der Waals surface area contributed by atoms with E-state index in [1.807, 2.05) is 30.3 Å². The normalized spacial score (nSPS) is 14.1. The summed E-state index contributed by atoms with van der Waals surface area (Å²) in [4.78, 5) is 2.97. The van der Waals surface area contributed by atoms with Crippen molar-refractivity contribution >= 4 is 59.5 Å². The Kier molecular flexibility index (Phi) is 4.79. The minimum atomic E-state index is -3.66. The summed E-state index contributed by atoms with van der Waals surface area (Å²) in [5.74, 6) is 0. The third kappa shape index (κ3) is 3.22. The summed E-state index contributed by atoms with van der Waals surface area (Å²) in [7, 11) is -3.66. The molecule has 4 nitrogen and oxygen atoms in total. The smallest absolute Gasteiger partial charge is 0.207 e. The van der Waals surface area contributed by atoms with Crippen LogP contribution in [-0.4, -0.2) is 13.0 Å². The molecular weight excluding hydrogens is 573 g/mol. The van der Waals surface area contributed by atoms with E-state index in [9.17, 15) is 8.42 Å². The second kappa shape index (κ2) is 8.72. The molecule has 0 atom stereocenters. The van der Waals surface area contributed by atoms with Gasteiger partial charge in [-0.2, -0.15) is 0 Å². The number of para-hydroxylation sites is 3. The van der Waals surface area contributed by atoms with Gasteiger partial charge in [0.15, 0.2) is 0 Å². The molecule has 212 valence electrons. The number of benzene rings is 7. The maximum absolute atomic E-state index is 13.9. The Bertz CT molecular complexity index is 2630. The fourth-order valence-corrected chi connectivity index (χ4v) is 9.21. The molecule has 0 saturated carbocycles. The highest BCUT2D eigenvalue weighted by molar-refractivity contribution is 7.92. The summed E-state index contributed by atoms with van der Waals surface area (Å²) in [5.41, 5.74) is 10.0. The van der Waals surface area contributed by atoms with Gasteiger partial charge in [0.25, 0.3) is 0 Å². The average molecular weight is 597 g/mol. The minimum absolute atomic E-state index is 0.351. The Morgan fingerprint density at radius 1 is 0.444 bits per heavy atom. The molecule has 0 fully saturated rings. The quantitative estimate of drug-likeness (QED) is 0.199. The lowest BCUT2D eigenvalue weighted by Crippen LogP contribution is -2.15. The van der Waals surface area contributed by atoms with Crippen LogP contribution in [0.1, 0.15) is 0 Å². The lowest BCUT2D eigenvalue weighted by molar-refractivity contribution is 0.598. The van der Waals surface area contributed by atoms with E-state index in [2.05, 4.69) is 113 Å². The first-order chi connectivity index (χ1) is 22.1. The largest absolute Gasteiger partial charge is 0.309 e. The summed E-state index contributed by atoms with van der Waals surface area (Å²) in [5, 5.41) is 4.71.